The number of aliphatic hydroxyl groups excluding tert-OH is 1. The van der Waals surface area contributed by atoms with Gasteiger partial charge in [0.05, 0.1) is 17.7 Å². The zero-order valence-corrected chi connectivity index (χ0v) is 14.1. The molecule has 1 atom stereocenters. The second-order valence-electron chi connectivity index (χ2n) is 6.73. The normalized spacial score (nSPS) is 20.3. The van der Waals surface area contributed by atoms with Crippen molar-refractivity contribution >= 4 is 16.8 Å². The average molecular weight is 349 g/mol. The van der Waals surface area contributed by atoms with E-state index in [0.717, 1.165) is 16.5 Å². The van der Waals surface area contributed by atoms with Crippen molar-refractivity contribution in [2.45, 2.75) is 25.0 Å². The van der Waals surface area contributed by atoms with Gasteiger partial charge in [-0.3, -0.25) is 14.6 Å². The molecular weight excluding hydrogens is 330 g/mol. The van der Waals surface area contributed by atoms with Crippen LogP contribution in [0.25, 0.3) is 10.9 Å². The molecule has 1 unspecified atom stereocenters. The first kappa shape index (κ1) is 16.5. The average Bonchev–Trinajstić information content (AvgIpc) is 2.63. The molecule has 0 bridgehead atoms. The van der Waals surface area contributed by atoms with Gasteiger partial charge in [-0.2, -0.15) is 0 Å². The molecular formula is C20H19N3O3. The quantitative estimate of drug-likeness (QED) is 0.673. The summed E-state index contributed by atoms with van der Waals surface area (Å²) in [6.07, 6.45) is 2.70. The molecule has 0 aliphatic heterocycles. The summed E-state index contributed by atoms with van der Waals surface area (Å²) in [7, 11) is 0. The summed E-state index contributed by atoms with van der Waals surface area (Å²) in [6, 6.07) is 14.0. The number of fused-ring (bicyclic) bond motifs is 1. The van der Waals surface area contributed by atoms with E-state index in [-0.39, 0.29) is 35.2 Å². The second-order valence-corrected chi connectivity index (χ2v) is 6.73. The van der Waals surface area contributed by atoms with E-state index in [2.05, 4.69) is 15.3 Å². The molecule has 3 aromatic rings. The molecule has 1 saturated carbocycles. The van der Waals surface area contributed by atoms with E-state index >= 15 is 0 Å². The Morgan fingerprint density at radius 2 is 2.00 bits per heavy atom. The van der Waals surface area contributed by atoms with Crippen LogP contribution in [0.1, 0.15) is 34.9 Å². The van der Waals surface area contributed by atoms with Crippen LogP contribution in [0, 0.1) is 5.92 Å². The number of hydrogen-bond acceptors (Lipinski definition) is 4. The number of amides is 1. The van der Waals surface area contributed by atoms with Gasteiger partial charge in [0.25, 0.3) is 5.91 Å². The lowest BCUT2D eigenvalue weighted by Gasteiger charge is -2.38. The fraction of sp³-hybridized carbons (Fsp3) is 0.250. The van der Waals surface area contributed by atoms with Crippen molar-refractivity contribution in [2.24, 2.45) is 5.92 Å². The summed E-state index contributed by atoms with van der Waals surface area (Å²) in [5, 5.41) is 13.7. The van der Waals surface area contributed by atoms with Crippen molar-refractivity contribution in [3.63, 3.8) is 0 Å². The molecule has 6 nitrogen and oxygen atoms in total. The number of nitrogens with one attached hydrogen (secondary N) is 2. The molecule has 6 heteroatoms. The number of benzene rings is 1. The summed E-state index contributed by atoms with van der Waals surface area (Å²) in [5.74, 6) is -0.213. The highest BCUT2D eigenvalue weighted by Crippen LogP contribution is 2.38. The maximum atomic E-state index is 12.6. The largest absolute Gasteiger partial charge is 0.393 e. The van der Waals surface area contributed by atoms with Crippen LogP contribution in [-0.4, -0.2) is 27.1 Å². The van der Waals surface area contributed by atoms with E-state index in [1.165, 1.54) is 6.07 Å². The lowest BCUT2D eigenvalue weighted by atomic mass is 9.75. The predicted molar refractivity (Wildman–Crippen MR) is 97.7 cm³/mol. The lowest BCUT2D eigenvalue weighted by molar-refractivity contribution is 0.0234. The molecule has 26 heavy (non-hydrogen) atoms. The van der Waals surface area contributed by atoms with Crippen molar-refractivity contribution < 1.29 is 9.90 Å². The third-order valence-corrected chi connectivity index (χ3v) is 4.89. The van der Waals surface area contributed by atoms with Crippen LogP contribution in [0.15, 0.2) is 59.5 Å². The molecule has 2 heterocycles. The van der Waals surface area contributed by atoms with Gasteiger partial charge in [-0.1, -0.05) is 24.3 Å². The highest BCUT2D eigenvalue weighted by molar-refractivity contribution is 5.92. The number of pyridine rings is 2. The van der Waals surface area contributed by atoms with Crippen LogP contribution in [0.5, 0.6) is 0 Å². The van der Waals surface area contributed by atoms with Crippen molar-refractivity contribution in [2.75, 3.05) is 0 Å². The monoisotopic (exact) mass is 349 g/mol. The van der Waals surface area contributed by atoms with Crippen molar-refractivity contribution in [1.82, 2.24) is 15.3 Å². The summed E-state index contributed by atoms with van der Waals surface area (Å²) < 4.78 is 0. The summed E-state index contributed by atoms with van der Waals surface area (Å²) in [5.41, 5.74) is 1.69. The van der Waals surface area contributed by atoms with Crippen molar-refractivity contribution in [3.8, 4) is 0 Å². The molecule has 0 radical (unpaired) electrons. The third-order valence-electron chi connectivity index (χ3n) is 4.89. The number of nitrogens with zero attached hydrogens (tertiary/aromatic N) is 1. The van der Waals surface area contributed by atoms with Gasteiger partial charge in [-0.05, 0) is 42.5 Å². The molecule has 1 amide bonds. The first-order valence-electron chi connectivity index (χ1n) is 8.63. The minimum absolute atomic E-state index is 0.132. The number of aliphatic hydroxyl groups is 1. The van der Waals surface area contributed by atoms with Crippen LogP contribution in [0.4, 0.5) is 0 Å². The minimum atomic E-state index is -0.345. The van der Waals surface area contributed by atoms with E-state index in [0.29, 0.717) is 12.8 Å². The highest BCUT2D eigenvalue weighted by atomic mass is 16.3. The number of carbonyl (C=O) groups excluding carboxylic acids is 1. The Hall–Kier alpha value is -2.99. The highest BCUT2D eigenvalue weighted by Gasteiger charge is 2.36. The van der Waals surface area contributed by atoms with Crippen molar-refractivity contribution in [1.29, 1.82) is 0 Å². The second kappa shape index (κ2) is 6.72. The maximum Gasteiger partial charge on any atom is 0.268 e. The van der Waals surface area contributed by atoms with E-state index in [9.17, 15) is 14.7 Å². The van der Waals surface area contributed by atoms with E-state index in [1.807, 2.05) is 30.3 Å². The first-order valence-corrected chi connectivity index (χ1v) is 8.63. The molecule has 1 aliphatic rings. The molecule has 1 aromatic carbocycles. The molecule has 2 aromatic heterocycles. The van der Waals surface area contributed by atoms with Gasteiger partial charge < -0.3 is 15.4 Å². The molecule has 4 rings (SSSR count). The van der Waals surface area contributed by atoms with Gasteiger partial charge in [-0.15, -0.1) is 0 Å². The number of carbonyl (C=O) groups is 1. The SMILES string of the molecule is O=C(NC(c1cnc2ccccc2c1)C1CC(O)C1)c1cccc(=O)[nH]1. The molecule has 1 aliphatic carbocycles. The summed E-state index contributed by atoms with van der Waals surface area (Å²) in [6.45, 7) is 0. The minimum Gasteiger partial charge on any atom is -0.393 e. The predicted octanol–water partition coefficient (Wildman–Crippen LogP) is 2.17. The fourth-order valence-electron chi connectivity index (χ4n) is 3.43. The topological polar surface area (TPSA) is 95.1 Å². The van der Waals surface area contributed by atoms with Gasteiger partial charge in [0.2, 0.25) is 5.56 Å². The number of hydrogen-bond donors (Lipinski definition) is 3. The summed E-state index contributed by atoms with van der Waals surface area (Å²) in [4.78, 5) is 31.1. The Bertz CT molecular complexity index is 1010. The van der Waals surface area contributed by atoms with Crippen LogP contribution in [0.2, 0.25) is 0 Å². The van der Waals surface area contributed by atoms with Crippen LogP contribution >= 0.6 is 0 Å². The lowest BCUT2D eigenvalue weighted by Crippen LogP contribution is -2.41. The van der Waals surface area contributed by atoms with E-state index in [4.69, 9.17) is 0 Å². The van der Waals surface area contributed by atoms with Crippen LogP contribution in [-0.2, 0) is 0 Å². The number of aromatic nitrogens is 2. The van der Waals surface area contributed by atoms with Gasteiger partial charge in [0.15, 0.2) is 0 Å². The smallest absolute Gasteiger partial charge is 0.268 e. The van der Waals surface area contributed by atoms with Gasteiger partial charge in [-0.25, -0.2) is 0 Å². The standard InChI is InChI=1S/C20H19N3O3/c24-15-9-13(10-15)19(23-20(26)17-6-3-7-18(25)22-17)14-8-12-4-1-2-5-16(12)21-11-14/h1-8,11,13,15,19,24H,9-10H2,(H,22,25)(H,23,26). The summed E-state index contributed by atoms with van der Waals surface area (Å²) >= 11 is 0. The zero-order valence-electron chi connectivity index (χ0n) is 14.1. The number of rotatable bonds is 4. The molecule has 3 N–H and O–H groups in total. The first-order chi connectivity index (χ1) is 12.6. The molecule has 132 valence electrons. The Balaban J connectivity index is 1.65. The van der Waals surface area contributed by atoms with Gasteiger partial charge >= 0.3 is 0 Å². The molecule has 0 saturated heterocycles. The Labute approximate surface area is 149 Å². The fourth-order valence-corrected chi connectivity index (χ4v) is 3.43. The maximum absolute atomic E-state index is 12.6. The number of H-pyrrole nitrogens is 1. The number of aromatic amines is 1. The van der Waals surface area contributed by atoms with E-state index < -0.39 is 0 Å². The third kappa shape index (κ3) is 3.23. The van der Waals surface area contributed by atoms with Crippen LogP contribution < -0.4 is 10.9 Å². The Kier molecular flexibility index (Phi) is 4.26. The zero-order chi connectivity index (χ0) is 18.1. The molecule has 1 fully saturated rings. The van der Waals surface area contributed by atoms with Crippen LogP contribution in [0.3, 0.4) is 0 Å². The van der Waals surface area contributed by atoms with Gasteiger partial charge in [0, 0.05) is 17.6 Å². The molecule has 0 spiro atoms. The Morgan fingerprint density at radius 3 is 2.77 bits per heavy atom. The Morgan fingerprint density at radius 1 is 1.19 bits per heavy atom. The van der Waals surface area contributed by atoms with Gasteiger partial charge in [0.1, 0.15) is 5.69 Å². The van der Waals surface area contributed by atoms with Crippen molar-refractivity contribution in [3.05, 3.63) is 76.3 Å². The van der Waals surface area contributed by atoms with E-state index in [1.54, 1.807) is 18.3 Å². The number of para-hydroxylation sites is 1.